The van der Waals surface area contributed by atoms with E-state index in [2.05, 4.69) is 4.90 Å². The lowest BCUT2D eigenvalue weighted by Gasteiger charge is -2.27. The summed E-state index contributed by atoms with van der Waals surface area (Å²) in [6, 6.07) is 7.63. The summed E-state index contributed by atoms with van der Waals surface area (Å²) in [5, 5.41) is 0. The summed E-state index contributed by atoms with van der Waals surface area (Å²) in [7, 11) is 0. The zero-order chi connectivity index (χ0) is 17.6. The van der Waals surface area contributed by atoms with Gasteiger partial charge in [-0.2, -0.15) is 0 Å². The highest BCUT2D eigenvalue weighted by Gasteiger charge is 2.26. The molecule has 6 nitrogen and oxygen atoms in total. The molecule has 0 spiro atoms. The van der Waals surface area contributed by atoms with Crippen LogP contribution in [0.2, 0.25) is 0 Å². The lowest BCUT2D eigenvalue weighted by atomic mass is 10.2. The van der Waals surface area contributed by atoms with Crippen molar-refractivity contribution in [3.63, 3.8) is 0 Å². The van der Waals surface area contributed by atoms with Gasteiger partial charge in [-0.05, 0) is 43.5 Å². The third-order valence-electron chi connectivity index (χ3n) is 5.14. The van der Waals surface area contributed by atoms with Gasteiger partial charge in [-0.3, -0.25) is 14.5 Å². The van der Waals surface area contributed by atoms with Crippen molar-refractivity contribution < 1.29 is 14.3 Å². The van der Waals surface area contributed by atoms with Crippen molar-refractivity contribution in [1.82, 2.24) is 9.80 Å². The molecular formula is C19H27N3O3. The molecule has 0 unspecified atom stereocenters. The number of hydrogen-bond donors (Lipinski definition) is 1. The Kier molecular flexibility index (Phi) is 5.91. The Balaban J connectivity index is 1.56. The number of amides is 2. The molecule has 0 aromatic heterocycles. The van der Waals surface area contributed by atoms with E-state index in [4.69, 9.17) is 10.5 Å². The number of benzene rings is 1. The average molecular weight is 345 g/mol. The van der Waals surface area contributed by atoms with Crippen molar-refractivity contribution in [2.75, 3.05) is 32.8 Å². The van der Waals surface area contributed by atoms with Crippen molar-refractivity contribution in [1.29, 1.82) is 0 Å². The molecule has 0 atom stereocenters. The first-order valence-electron chi connectivity index (χ1n) is 9.18. The maximum absolute atomic E-state index is 12.8. The van der Waals surface area contributed by atoms with Gasteiger partial charge in [0.05, 0.1) is 0 Å². The van der Waals surface area contributed by atoms with Gasteiger partial charge in [0.25, 0.3) is 11.8 Å². The number of nitrogens with zero attached hydrogens (tertiary/aromatic N) is 2. The minimum Gasteiger partial charge on any atom is -0.484 e. The Bertz CT molecular complexity index is 596. The number of carbonyl (C=O) groups excluding carboxylic acids is 2. The molecule has 1 saturated carbocycles. The van der Waals surface area contributed by atoms with Crippen LogP contribution in [0.15, 0.2) is 24.3 Å². The van der Waals surface area contributed by atoms with Crippen LogP contribution in [0.5, 0.6) is 5.75 Å². The summed E-state index contributed by atoms with van der Waals surface area (Å²) in [4.78, 5) is 28.0. The van der Waals surface area contributed by atoms with Crippen LogP contribution in [0.25, 0.3) is 0 Å². The summed E-state index contributed by atoms with van der Waals surface area (Å²) >= 11 is 0. The summed E-state index contributed by atoms with van der Waals surface area (Å²) in [6.45, 7) is 3.50. The Hall–Kier alpha value is -2.08. The molecule has 25 heavy (non-hydrogen) atoms. The lowest BCUT2D eigenvalue weighted by molar-refractivity contribution is -0.119. The third kappa shape index (κ3) is 4.72. The van der Waals surface area contributed by atoms with Crippen LogP contribution in [0.3, 0.4) is 0 Å². The number of ether oxygens (including phenoxy) is 1. The van der Waals surface area contributed by atoms with Gasteiger partial charge in [-0.25, -0.2) is 0 Å². The second-order valence-electron chi connectivity index (χ2n) is 6.90. The SMILES string of the molecule is NC(=O)COc1ccc(C(=O)N2CCCN(C3CCCC3)CC2)cc1. The largest absolute Gasteiger partial charge is 0.484 e. The van der Waals surface area contributed by atoms with Crippen LogP contribution < -0.4 is 10.5 Å². The number of rotatable bonds is 5. The first-order chi connectivity index (χ1) is 12.1. The summed E-state index contributed by atoms with van der Waals surface area (Å²) in [5.74, 6) is 0.0879. The van der Waals surface area contributed by atoms with E-state index >= 15 is 0 Å². The number of carbonyl (C=O) groups is 2. The molecule has 6 heteroatoms. The fraction of sp³-hybridized carbons (Fsp3) is 0.579. The molecule has 1 aromatic carbocycles. The molecule has 0 radical (unpaired) electrons. The zero-order valence-corrected chi connectivity index (χ0v) is 14.7. The first-order valence-corrected chi connectivity index (χ1v) is 9.18. The van der Waals surface area contributed by atoms with E-state index in [-0.39, 0.29) is 12.5 Å². The molecule has 2 fully saturated rings. The summed E-state index contributed by atoms with van der Waals surface area (Å²) in [6.07, 6.45) is 6.32. The Morgan fingerprint density at radius 2 is 1.72 bits per heavy atom. The normalized spacial score (nSPS) is 19.6. The zero-order valence-electron chi connectivity index (χ0n) is 14.7. The Morgan fingerprint density at radius 1 is 1.00 bits per heavy atom. The minimum atomic E-state index is -0.517. The highest BCUT2D eigenvalue weighted by molar-refractivity contribution is 5.94. The van der Waals surface area contributed by atoms with E-state index in [0.29, 0.717) is 11.3 Å². The molecule has 2 N–H and O–H groups in total. The van der Waals surface area contributed by atoms with Crippen LogP contribution >= 0.6 is 0 Å². The predicted molar refractivity (Wildman–Crippen MR) is 95.5 cm³/mol. The fourth-order valence-electron chi connectivity index (χ4n) is 3.81. The predicted octanol–water partition coefficient (Wildman–Crippen LogP) is 1.64. The second-order valence-corrected chi connectivity index (χ2v) is 6.90. The van der Waals surface area contributed by atoms with Gasteiger partial charge in [-0.15, -0.1) is 0 Å². The molecule has 1 aliphatic carbocycles. The van der Waals surface area contributed by atoms with Crippen LogP contribution in [0.1, 0.15) is 42.5 Å². The molecule has 1 aromatic rings. The highest BCUT2D eigenvalue weighted by Crippen LogP contribution is 2.24. The van der Waals surface area contributed by atoms with Crippen LogP contribution in [-0.2, 0) is 4.79 Å². The van der Waals surface area contributed by atoms with E-state index < -0.39 is 5.91 Å². The quantitative estimate of drug-likeness (QED) is 0.880. The van der Waals surface area contributed by atoms with Crippen molar-refractivity contribution in [2.45, 2.75) is 38.1 Å². The molecule has 2 amide bonds. The van der Waals surface area contributed by atoms with Gasteiger partial charge in [0.1, 0.15) is 5.75 Å². The lowest BCUT2D eigenvalue weighted by Crippen LogP contribution is -2.38. The molecule has 136 valence electrons. The Morgan fingerprint density at radius 3 is 2.40 bits per heavy atom. The van der Waals surface area contributed by atoms with E-state index in [9.17, 15) is 9.59 Å². The van der Waals surface area contributed by atoms with Gasteiger partial charge in [-0.1, -0.05) is 12.8 Å². The number of primary amides is 1. The Labute approximate surface area is 148 Å². The molecular weight excluding hydrogens is 318 g/mol. The maximum atomic E-state index is 12.8. The topological polar surface area (TPSA) is 75.9 Å². The van der Waals surface area contributed by atoms with Gasteiger partial charge in [0.15, 0.2) is 6.61 Å². The van der Waals surface area contributed by atoms with Crippen LogP contribution in [0, 0.1) is 0 Å². The van der Waals surface area contributed by atoms with Crippen molar-refractivity contribution >= 4 is 11.8 Å². The van der Waals surface area contributed by atoms with Crippen molar-refractivity contribution in [3.8, 4) is 5.75 Å². The van der Waals surface area contributed by atoms with E-state index in [1.165, 1.54) is 25.7 Å². The second kappa shape index (κ2) is 8.34. The molecule has 3 rings (SSSR count). The van der Waals surface area contributed by atoms with E-state index in [0.717, 1.165) is 38.6 Å². The van der Waals surface area contributed by atoms with E-state index in [1.807, 2.05) is 4.90 Å². The van der Waals surface area contributed by atoms with Gasteiger partial charge < -0.3 is 15.4 Å². The average Bonchev–Trinajstić information content (AvgIpc) is 3.04. The molecule has 1 heterocycles. The highest BCUT2D eigenvalue weighted by atomic mass is 16.5. The van der Waals surface area contributed by atoms with Crippen LogP contribution in [0.4, 0.5) is 0 Å². The maximum Gasteiger partial charge on any atom is 0.255 e. The van der Waals surface area contributed by atoms with Gasteiger partial charge >= 0.3 is 0 Å². The molecule has 1 aliphatic heterocycles. The van der Waals surface area contributed by atoms with Crippen molar-refractivity contribution in [2.24, 2.45) is 5.73 Å². The van der Waals surface area contributed by atoms with E-state index in [1.54, 1.807) is 24.3 Å². The first kappa shape index (κ1) is 17.7. The summed E-state index contributed by atoms with van der Waals surface area (Å²) in [5.41, 5.74) is 5.71. The standard InChI is InChI=1S/C19H27N3O3/c20-18(23)14-25-17-8-6-15(7-9-17)19(24)22-11-3-10-21(12-13-22)16-4-1-2-5-16/h6-9,16H,1-5,10-14H2,(H2,20,23). The smallest absolute Gasteiger partial charge is 0.255 e. The number of nitrogens with two attached hydrogens (primary N) is 1. The molecule has 2 aliphatic rings. The fourth-order valence-corrected chi connectivity index (χ4v) is 3.81. The van der Waals surface area contributed by atoms with Gasteiger partial charge in [0, 0.05) is 37.8 Å². The monoisotopic (exact) mass is 345 g/mol. The van der Waals surface area contributed by atoms with Crippen molar-refractivity contribution in [3.05, 3.63) is 29.8 Å². The van der Waals surface area contributed by atoms with Crippen LogP contribution in [-0.4, -0.2) is 60.4 Å². The summed E-state index contributed by atoms with van der Waals surface area (Å²) < 4.78 is 5.23. The third-order valence-corrected chi connectivity index (χ3v) is 5.14. The number of hydrogen-bond acceptors (Lipinski definition) is 4. The minimum absolute atomic E-state index is 0.0646. The molecule has 0 bridgehead atoms. The van der Waals surface area contributed by atoms with Gasteiger partial charge in [0.2, 0.25) is 0 Å². The molecule has 1 saturated heterocycles.